The summed E-state index contributed by atoms with van der Waals surface area (Å²) in [6.45, 7) is 12.1. The van der Waals surface area contributed by atoms with E-state index in [4.69, 9.17) is 0 Å². The molecule has 0 rings (SSSR count). The van der Waals surface area contributed by atoms with Crippen LogP contribution in [0.1, 0.15) is 34.6 Å². The fraction of sp³-hybridized carbons (Fsp3) is 0.833. The van der Waals surface area contributed by atoms with Crippen molar-refractivity contribution in [3.05, 3.63) is 11.8 Å². The summed E-state index contributed by atoms with van der Waals surface area (Å²) < 4.78 is 2.27. The first-order valence-electron chi connectivity index (χ1n) is 5.46. The molecule has 1 unspecified atom stereocenters. The third-order valence-corrected chi connectivity index (χ3v) is 3.40. The van der Waals surface area contributed by atoms with Crippen LogP contribution in [0.3, 0.4) is 0 Å². The largest absolute Gasteiger partial charge is 0.384 e. The highest BCUT2D eigenvalue weighted by atomic mass is 32.2. The topological polar surface area (TPSA) is 15.3 Å². The lowest BCUT2D eigenvalue weighted by Gasteiger charge is -2.35. The Hall–Kier alpha value is -0.150. The molecule has 0 aliphatic carbocycles. The van der Waals surface area contributed by atoms with E-state index in [0.717, 1.165) is 6.54 Å². The van der Waals surface area contributed by atoms with Crippen molar-refractivity contribution in [3.8, 4) is 0 Å². The fourth-order valence-electron chi connectivity index (χ4n) is 1.23. The molecule has 0 spiro atoms. The maximum absolute atomic E-state index is 3.58. The van der Waals surface area contributed by atoms with Crippen molar-refractivity contribution in [1.82, 2.24) is 9.62 Å². The minimum Gasteiger partial charge on any atom is -0.384 e. The van der Waals surface area contributed by atoms with E-state index in [-0.39, 0.29) is 5.41 Å². The number of rotatable bonds is 5. The molecule has 0 bridgehead atoms. The van der Waals surface area contributed by atoms with Crippen molar-refractivity contribution in [2.24, 2.45) is 5.41 Å². The quantitative estimate of drug-likeness (QED) is 0.731. The van der Waals surface area contributed by atoms with Gasteiger partial charge in [0.05, 0.1) is 0 Å². The van der Waals surface area contributed by atoms with Gasteiger partial charge in [0, 0.05) is 18.3 Å². The zero-order valence-electron chi connectivity index (χ0n) is 11.2. The summed E-state index contributed by atoms with van der Waals surface area (Å²) in [5, 5.41) is 3.58. The second-order valence-corrected chi connectivity index (χ2v) is 6.02. The van der Waals surface area contributed by atoms with Gasteiger partial charge in [-0.05, 0) is 32.6 Å². The SMILES string of the molecule is C/C=C(/C)NC(CN(C)SC)C(C)(C)C. The van der Waals surface area contributed by atoms with E-state index in [0.29, 0.717) is 6.04 Å². The third kappa shape index (κ3) is 6.10. The van der Waals surface area contributed by atoms with Gasteiger partial charge in [0.1, 0.15) is 0 Å². The molecule has 0 saturated carbocycles. The maximum atomic E-state index is 3.58. The standard InChI is InChI=1S/C12H26N2S/c1-8-10(2)13-11(12(3,4)5)9-14(6)15-7/h8,11,13H,9H2,1-7H3/b10-8-. The summed E-state index contributed by atoms with van der Waals surface area (Å²) in [6, 6.07) is 0.478. The van der Waals surface area contributed by atoms with Gasteiger partial charge in [0.25, 0.3) is 0 Å². The molecule has 0 aromatic carbocycles. The molecular formula is C12H26N2S. The van der Waals surface area contributed by atoms with Crippen molar-refractivity contribution >= 4 is 11.9 Å². The lowest BCUT2D eigenvalue weighted by Crippen LogP contribution is -2.45. The monoisotopic (exact) mass is 230 g/mol. The van der Waals surface area contributed by atoms with Crippen LogP contribution >= 0.6 is 11.9 Å². The lowest BCUT2D eigenvalue weighted by molar-refractivity contribution is 0.254. The second kappa shape index (κ2) is 6.44. The van der Waals surface area contributed by atoms with Gasteiger partial charge in [-0.2, -0.15) is 0 Å². The summed E-state index contributed by atoms with van der Waals surface area (Å²) in [6.07, 6.45) is 4.24. The minimum absolute atomic E-state index is 0.272. The molecule has 1 atom stereocenters. The molecule has 0 aromatic heterocycles. The van der Waals surface area contributed by atoms with Gasteiger partial charge < -0.3 is 5.32 Å². The van der Waals surface area contributed by atoms with E-state index in [1.807, 2.05) is 0 Å². The molecule has 15 heavy (non-hydrogen) atoms. The number of nitrogens with zero attached hydrogens (tertiary/aromatic N) is 1. The first-order valence-corrected chi connectivity index (χ1v) is 6.64. The van der Waals surface area contributed by atoms with E-state index in [2.05, 4.69) is 63.6 Å². The van der Waals surface area contributed by atoms with Crippen LogP contribution in [0.5, 0.6) is 0 Å². The van der Waals surface area contributed by atoms with E-state index in [1.54, 1.807) is 11.9 Å². The number of allylic oxidation sites excluding steroid dienone is 2. The van der Waals surface area contributed by atoms with Gasteiger partial charge in [-0.15, -0.1) is 0 Å². The molecule has 0 aromatic rings. The molecular weight excluding hydrogens is 204 g/mol. The fourth-order valence-corrected chi connectivity index (χ4v) is 1.52. The van der Waals surface area contributed by atoms with Crippen LogP contribution in [-0.4, -0.2) is 30.2 Å². The summed E-state index contributed by atoms with van der Waals surface area (Å²) >= 11 is 1.78. The van der Waals surface area contributed by atoms with Crippen LogP contribution in [0, 0.1) is 5.41 Å². The Morgan fingerprint density at radius 3 is 2.33 bits per heavy atom. The molecule has 3 heteroatoms. The molecule has 0 aliphatic rings. The highest BCUT2D eigenvalue weighted by molar-refractivity contribution is 7.96. The zero-order chi connectivity index (χ0) is 12.1. The molecule has 90 valence electrons. The van der Waals surface area contributed by atoms with E-state index in [9.17, 15) is 0 Å². The average molecular weight is 230 g/mol. The highest BCUT2D eigenvalue weighted by Crippen LogP contribution is 2.22. The van der Waals surface area contributed by atoms with Crippen molar-refractivity contribution in [2.45, 2.75) is 40.7 Å². The average Bonchev–Trinajstić information content (AvgIpc) is 2.14. The Labute approximate surface area is 99.6 Å². The molecule has 0 fully saturated rings. The van der Waals surface area contributed by atoms with Gasteiger partial charge in [-0.3, -0.25) is 4.31 Å². The first kappa shape index (κ1) is 14.8. The second-order valence-electron chi connectivity index (χ2n) is 5.03. The van der Waals surface area contributed by atoms with Crippen molar-refractivity contribution in [2.75, 3.05) is 19.8 Å². The summed E-state index contributed by atoms with van der Waals surface area (Å²) in [5.41, 5.74) is 1.53. The lowest BCUT2D eigenvalue weighted by atomic mass is 9.86. The molecule has 0 aliphatic heterocycles. The van der Waals surface area contributed by atoms with Gasteiger partial charge in [0.15, 0.2) is 0 Å². The van der Waals surface area contributed by atoms with Gasteiger partial charge in [-0.1, -0.05) is 38.8 Å². The van der Waals surface area contributed by atoms with Crippen LogP contribution in [-0.2, 0) is 0 Å². The number of likely N-dealkylation sites (N-methyl/N-ethyl adjacent to an activating group) is 1. The first-order chi connectivity index (χ1) is 6.81. The number of nitrogens with one attached hydrogen (secondary N) is 1. The van der Waals surface area contributed by atoms with Gasteiger partial charge >= 0.3 is 0 Å². The van der Waals surface area contributed by atoms with Crippen LogP contribution in [0.2, 0.25) is 0 Å². The van der Waals surface area contributed by atoms with Gasteiger partial charge in [-0.25, -0.2) is 0 Å². The number of hydrogen-bond donors (Lipinski definition) is 1. The highest BCUT2D eigenvalue weighted by Gasteiger charge is 2.25. The summed E-state index contributed by atoms with van der Waals surface area (Å²) in [7, 11) is 2.13. The Morgan fingerprint density at radius 1 is 1.47 bits per heavy atom. The minimum atomic E-state index is 0.272. The molecule has 2 nitrogen and oxygen atoms in total. The van der Waals surface area contributed by atoms with Crippen LogP contribution in [0.15, 0.2) is 11.8 Å². The van der Waals surface area contributed by atoms with Gasteiger partial charge in [0.2, 0.25) is 0 Å². The molecule has 0 amide bonds. The van der Waals surface area contributed by atoms with Crippen molar-refractivity contribution < 1.29 is 0 Å². The van der Waals surface area contributed by atoms with Crippen LogP contribution in [0.4, 0.5) is 0 Å². The summed E-state index contributed by atoms with van der Waals surface area (Å²) in [5.74, 6) is 0. The van der Waals surface area contributed by atoms with E-state index < -0.39 is 0 Å². The van der Waals surface area contributed by atoms with Crippen LogP contribution in [0.25, 0.3) is 0 Å². The Kier molecular flexibility index (Phi) is 6.37. The van der Waals surface area contributed by atoms with Crippen LogP contribution < -0.4 is 5.32 Å². The molecule has 0 heterocycles. The Balaban J connectivity index is 4.46. The molecule has 1 N–H and O–H groups in total. The summed E-state index contributed by atoms with van der Waals surface area (Å²) in [4.78, 5) is 0. The van der Waals surface area contributed by atoms with Crippen molar-refractivity contribution in [3.63, 3.8) is 0 Å². The Morgan fingerprint density at radius 2 is 2.00 bits per heavy atom. The predicted octanol–water partition coefficient (Wildman–Crippen LogP) is 3.12. The smallest absolute Gasteiger partial charge is 0.0442 e. The normalized spacial score (nSPS) is 15.6. The van der Waals surface area contributed by atoms with E-state index >= 15 is 0 Å². The predicted molar refractivity (Wildman–Crippen MR) is 72.0 cm³/mol. The maximum Gasteiger partial charge on any atom is 0.0442 e. The Bertz CT molecular complexity index is 206. The zero-order valence-corrected chi connectivity index (χ0v) is 12.0. The van der Waals surface area contributed by atoms with E-state index in [1.165, 1.54) is 5.70 Å². The molecule has 0 radical (unpaired) electrons. The van der Waals surface area contributed by atoms with Crippen molar-refractivity contribution in [1.29, 1.82) is 0 Å². The number of hydrogen-bond acceptors (Lipinski definition) is 3. The third-order valence-electron chi connectivity index (χ3n) is 2.63. The molecule has 0 saturated heterocycles.